The molecule has 2 aliphatic rings. The van der Waals surface area contributed by atoms with Gasteiger partial charge in [-0.1, -0.05) is 17.7 Å². The molecule has 8 nitrogen and oxygen atoms in total. The van der Waals surface area contributed by atoms with Gasteiger partial charge in [-0.2, -0.15) is 0 Å². The summed E-state index contributed by atoms with van der Waals surface area (Å²) < 4.78 is 35.0. The topological polar surface area (TPSA) is 91.0 Å². The summed E-state index contributed by atoms with van der Waals surface area (Å²) in [4.78, 5) is 16.2. The number of sulfonamides is 1. The number of hydrogen-bond donors (Lipinski definition) is 2. The van der Waals surface area contributed by atoms with Gasteiger partial charge in [-0.05, 0) is 54.8 Å². The Hall–Kier alpha value is -2.37. The van der Waals surface area contributed by atoms with Crippen LogP contribution in [-0.2, 0) is 14.8 Å². The van der Waals surface area contributed by atoms with Crippen LogP contribution in [-0.4, -0.2) is 65.1 Å². The van der Waals surface area contributed by atoms with Crippen LogP contribution < -0.4 is 19.7 Å². The van der Waals surface area contributed by atoms with Gasteiger partial charge in [0.1, 0.15) is 4.21 Å². The van der Waals surface area contributed by atoms with E-state index < -0.39 is 10.0 Å². The number of nitrogens with zero attached hydrogens (tertiary/aromatic N) is 2. The normalized spacial score (nSPS) is 16.9. The van der Waals surface area contributed by atoms with Gasteiger partial charge >= 0.3 is 0 Å². The van der Waals surface area contributed by atoms with Crippen molar-refractivity contribution in [2.45, 2.75) is 10.6 Å². The summed E-state index contributed by atoms with van der Waals surface area (Å²) in [5, 5.41) is 4.28. The predicted molar refractivity (Wildman–Crippen MR) is 136 cm³/mol. The third-order valence-corrected chi connectivity index (χ3v) is 9.28. The summed E-state index contributed by atoms with van der Waals surface area (Å²) in [6.45, 7) is 4.66. The molecule has 0 saturated carbocycles. The number of fused-ring (bicyclic) bond motifs is 2. The van der Waals surface area contributed by atoms with E-state index in [4.69, 9.17) is 16.3 Å². The predicted octanol–water partition coefficient (Wildman–Crippen LogP) is 3.38. The second kappa shape index (κ2) is 9.71. The van der Waals surface area contributed by atoms with E-state index in [0.717, 1.165) is 60.7 Å². The minimum Gasteiger partial charge on any atom is -0.479 e. The lowest BCUT2D eigenvalue weighted by Gasteiger charge is -2.37. The molecule has 2 aromatic carbocycles. The van der Waals surface area contributed by atoms with Crippen LogP contribution in [0.2, 0.25) is 5.02 Å². The molecule has 0 unspecified atom stereocenters. The number of nitrogens with one attached hydrogen (secondary N) is 2. The summed E-state index contributed by atoms with van der Waals surface area (Å²) in [7, 11) is -3.54. The molecule has 1 fully saturated rings. The fourth-order valence-electron chi connectivity index (χ4n) is 4.26. The smallest absolute Gasteiger partial charge is 0.262 e. The molecule has 3 aromatic rings. The molecule has 180 valence electrons. The van der Waals surface area contributed by atoms with Gasteiger partial charge in [-0.3, -0.25) is 9.69 Å². The molecule has 2 aliphatic heterocycles. The quantitative estimate of drug-likeness (QED) is 0.464. The number of hydrogen-bond acceptors (Lipinski definition) is 7. The summed E-state index contributed by atoms with van der Waals surface area (Å²) in [5.41, 5.74) is 1.71. The molecule has 1 aromatic heterocycles. The van der Waals surface area contributed by atoms with Gasteiger partial charge in [-0.15, -0.1) is 11.3 Å². The lowest BCUT2D eigenvalue weighted by atomic mass is 10.2. The zero-order chi connectivity index (χ0) is 23.7. The maximum absolute atomic E-state index is 12.7. The summed E-state index contributed by atoms with van der Waals surface area (Å²) in [5.74, 6) is 0.593. The van der Waals surface area contributed by atoms with Crippen molar-refractivity contribution in [1.29, 1.82) is 0 Å². The van der Waals surface area contributed by atoms with E-state index in [2.05, 4.69) is 19.8 Å². The first-order valence-corrected chi connectivity index (χ1v) is 13.8. The van der Waals surface area contributed by atoms with E-state index in [-0.39, 0.29) is 12.5 Å². The van der Waals surface area contributed by atoms with E-state index in [1.807, 2.05) is 24.3 Å². The first kappa shape index (κ1) is 23.4. The third kappa shape index (κ3) is 5.01. The highest BCUT2D eigenvalue weighted by molar-refractivity contribution is 7.91. The highest BCUT2D eigenvalue weighted by Crippen LogP contribution is 2.38. The van der Waals surface area contributed by atoms with Crippen LogP contribution in [0.3, 0.4) is 0 Å². The second-order valence-electron chi connectivity index (χ2n) is 8.32. The number of ether oxygens (including phenoxy) is 1. The molecular formula is C23H25ClN4O4S2. The van der Waals surface area contributed by atoms with Crippen molar-refractivity contribution >= 4 is 60.3 Å². The number of thiophene rings is 1. The van der Waals surface area contributed by atoms with Crippen molar-refractivity contribution in [3.05, 3.63) is 47.5 Å². The number of halogens is 1. The minimum atomic E-state index is -3.54. The Morgan fingerprint density at radius 1 is 1.12 bits per heavy atom. The van der Waals surface area contributed by atoms with Gasteiger partial charge < -0.3 is 15.0 Å². The lowest BCUT2D eigenvalue weighted by molar-refractivity contribution is -0.118. The van der Waals surface area contributed by atoms with Gasteiger partial charge in [0.2, 0.25) is 10.0 Å². The molecular weight excluding hydrogens is 496 g/mol. The molecule has 2 N–H and O–H groups in total. The molecule has 11 heteroatoms. The molecule has 0 atom stereocenters. The van der Waals surface area contributed by atoms with E-state index in [1.54, 1.807) is 18.2 Å². The van der Waals surface area contributed by atoms with Crippen LogP contribution in [0.5, 0.6) is 5.75 Å². The van der Waals surface area contributed by atoms with Crippen molar-refractivity contribution < 1.29 is 17.9 Å². The average molecular weight is 521 g/mol. The number of benzene rings is 2. The van der Waals surface area contributed by atoms with Crippen molar-refractivity contribution in [1.82, 2.24) is 9.62 Å². The van der Waals surface area contributed by atoms with Crippen LogP contribution >= 0.6 is 22.9 Å². The molecule has 1 saturated heterocycles. The lowest BCUT2D eigenvalue weighted by Crippen LogP contribution is -2.47. The fourth-order valence-corrected chi connectivity index (χ4v) is 6.94. The van der Waals surface area contributed by atoms with Crippen molar-refractivity contribution in [2.75, 3.05) is 56.1 Å². The van der Waals surface area contributed by atoms with Gasteiger partial charge in [0.15, 0.2) is 12.4 Å². The number of amides is 1. The van der Waals surface area contributed by atoms with Gasteiger partial charge in [-0.25, -0.2) is 13.1 Å². The molecule has 34 heavy (non-hydrogen) atoms. The van der Waals surface area contributed by atoms with Crippen molar-refractivity contribution in [3.63, 3.8) is 0 Å². The Morgan fingerprint density at radius 3 is 2.76 bits per heavy atom. The number of carbonyl (C=O) groups excluding carboxylic acids is 1. The van der Waals surface area contributed by atoms with E-state index in [1.165, 1.54) is 11.3 Å². The molecule has 0 radical (unpaired) electrons. The van der Waals surface area contributed by atoms with Gasteiger partial charge in [0.25, 0.3) is 5.91 Å². The maximum atomic E-state index is 12.7. The number of piperazine rings is 1. The Balaban J connectivity index is 1.10. The first-order valence-electron chi connectivity index (χ1n) is 11.1. The molecule has 1 amide bonds. The first-order chi connectivity index (χ1) is 16.4. The molecule has 3 heterocycles. The zero-order valence-corrected chi connectivity index (χ0v) is 20.8. The molecule has 0 bridgehead atoms. The Bertz CT molecular complexity index is 1320. The standard InChI is InChI=1S/C23H25ClN4O4S2/c24-17-5-6-20-16(13-17)14-22(33-20)34(30,31)25-7-2-8-27-9-11-28(12-10-27)19-4-1-3-18-23(19)32-15-21(29)26-18/h1,3-6,13-14,25H,2,7-12,15H2,(H,26,29). The van der Waals surface area contributed by atoms with Crippen LogP contribution in [0.1, 0.15) is 6.42 Å². The number of anilines is 2. The highest BCUT2D eigenvalue weighted by Gasteiger charge is 2.25. The average Bonchev–Trinajstić information content (AvgIpc) is 3.26. The van der Waals surface area contributed by atoms with Crippen LogP contribution in [0.25, 0.3) is 10.1 Å². The van der Waals surface area contributed by atoms with Gasteiger partial charge in [0.05, 0.1) is 11.4 Å². The SMILES string of the molecule is O=C1COc2c(cccc2N2CCN(CCCNS(=O)(=O)c3cc4cc(Cl)ccc4s3)CC2)N1. The largest absolute Gasteiger partial charge is 0.479 e. The Morgan fingerprint density at radius 2 is 1.94 bits per heavy atom. The van der Waals surface area contributed by atoms with Gasteiger partial charge in [0, 0.05) is 42.4 Å². The second-order valence-corrected chi connectivity index (χ2v) is 11.8. The fraction of sp³-hybridized carbons (Fsp3) is 0.348. The third-order valence-electron chi connectivity index (χ3n) is 5.99. The number of rotatable bonds is 7. The molecule has 5 rings (SSSR count). The summed E-state index contributed by atoms with van der Waals surface area (Å²) >= 11 is 7.26. The van der Waals surface area contributed by atoms with Crippen LogP contribution in [0, 0.1) is 0 Å². The van der Waals surface area contributed by atoms with E-state index in [0.29, 0.717) is 21.5 Å². The van der Waals surface area contributed by atoms with Crippen molar-refractivity contribution in [2.24, 2.45) is 0 Å². The monoisotopic (exact) mass is 520 g/mol. The number of carbonyl (C=O) groups is 1. The van der Waals surface area contributed by atoms with Crippen LogP contribution in [0.4, 0.5) is 11.4 Å². The minimum absolute atomic E-state index is 0.0368. The van der Waals surface area contributed by atoms with Crippen LogP contribution in [0.15, 0.2) is 46.7 Å². The van der Waals surface area contributed by atoms with Crippen molar-refractivity contribution in [3.8, 4) is 5.75 Å². The van der Waals surface area contributed by atoms with E-state index in [9.17, 15) is 13.2 Å². The highest BCUT2D eigenvalue weighted by atomic mass is 35.5. The zero-order valence-electron chi connectivity index (χ0n) is 18.4. The summed E-state index contributed by atoms with van der Waals surface area (Å²) in [6.07, 6.45) is 0.728. The summed E-state index contributed by atoms with van der Waals surface area (Å²) in [6, 6.07) is 12.8. The molecule has 0 aliphatic carbocycles. The Kier molecular flexibility index (Phi) is 6.67. The maximum Gasteiger partial charge on any atom is 0.262 e. The van der Waals surface area contributed by atoms with E-state index >= 15 is 0 Å². The number of para-hydroxylation sites is 1. The molecule has 0 spiro atoms. The Labute approximate surface area is 207 Å².